The molecule has 3 unspecified atom stereocenters. The number of aliphatic imine (C=N–C) groups is 2. The quantitative estimate of drug-likeness (QED) is 0.0375. The van der Waals surface area contributed by atoms with Gasteiger partial charge in [-0.25, -0.2) is 0 Å². The van der Waals surface area contributed by atoms with Crippen LogP contribution in [-0.2, 0) is 24.0 Å². The van der Waals surface area contributed by atoms with Gasteiger partial charge in [-0.05, 0) is 90.3 Å². The third kappa shape index (κ3) is 14.1. The molecular weight excluding hydrogens is 1060 g/mol. The number of anilines is 1. The Balaban J connectivity index is 0.784. The molecule has 4 aliphatic heterocycles. The van der Waals surface area contributed by atoms with Gasteiger partial charge in [0, 0.05) is 80.3 Å². The number of carbonyl (C=O) groups excluding carboxylic acids is 7. The maximum atomic E-state index is 14.1. The number of imide groups is 1. The van der Waals surface area contributed by atoms with Crippen molar-refractivity contribution in [2.45, 2.75) is 111 Å². The second-order valence-electron chi connectivity index (χ2n) is 21.5. The zero-order chi connectivity index (χ0) is 59.4. The molecule has 7 amide bonds. The van der Waals surface area contributed by atoms with Crippen LogP contribution in [0.25, 0.3) is 11.1 Å². The molecule has 4 heterocycles. The van der Waals surface area contributed by atoms with Crippen molar-refractivity contribution >= 4 is 82.5 Å². The molecule has 3 atom stereocenters. The van der Waals surface area contributed by atoms with E-state index in [2.05, 4.69) is 16.0 Å². The Labute approximate surface area is 484 Å². The van der Waals surface area contributed by atoms with Crippen LogP contribution < -0.4 is 39.6 Å². The number of hydrogen-bond acceptors (Lipinski definition) is 14. The number of amides is 7. The van der Waals surface area contributed by atoms with Crippen molar-refractivity contribution in [1.29, 1.82) is 0 Å². The summed E-state index contributed by atoms with van der Waals surface area (Å²) >= 11 is 0. The summed E-state index contributed by atoms with van der Waals surface area (Å²) in [6.07, 6.45) is 12.5. The van der Waals surface area contributed by atoms with E-state index >= 15 is 0 Å². The number of rotatable bonds is 27. The molecule has 0 spiro atoms. The highest BCUT2D eigenvalue weighted by atomic mass is 16.5. The van der Waals surface area contributed by atoms with Crippen LogP contribution in [0.15, 0.2) is 95.2 Å². The lowest BCUT2D eigenvalue weighted by atomic mass is 9.83. The van der Waals surface area contributed by atoms with Gasteiger partial charge < -0.3 is 49.4 Å². The normalized spacial score (nSPS) is 16.3. The molecule has 438 valence electrons. The number of ether oxygens (including phenoxy) is 5. The number of benzene rings is 4. The second-order valence-corrected chi connectivity index (χ2v) is 21.5. The van der Waals surface area contributed by atoms with Crippen LogP contribution >= 0.6 is 0 Å². The summed E-state index contributed by atoms with van der Waals surface area (Å²) in [7, 11) is 4.65. The van der Waals surface area contributed by atoms with Gasteiger partial charge in [0.25, 0.3) is 11.8 Å². The third-order valence-electron chi connectivity index (χ3n) is 15.7. The van der Waals surface area contributed by atoms with Crippen LogP contribution in [0.3, 0.4) is 0 Å². The Morgan fingerprint density at radius 2 is 1.23 bits per heavy atom. The molecule has 20 heteroatoms. The van der Waals surface area contributed by atoms with Crippen molar-refractivity contribution in [1.82, 2.24) is 25.3 Å². The Morgan fingerprint density at radius 1 is 0.699 bits per heavy atom. The highest BCUT2D eigenvalue weighted by Gasteiger charge is 2.36. The molecule has 0 bridgehead atoms. The van der Waals surface area contributed by atoms with E-state index in [1.807, 2.05) is 69.6 Å². The van der Waals surface area contributed by atoms with Gasteiger partial charge in [-0.1, -0.05) is 65.3 Å². The summed E-state index contributed by atoms with van der Waals surface area (Å²) < 4.78 is 29.0. The van der Waals surface area contributed by atoms with Gasteiger partial charge >= 0.3 is 0 Å². The summed E-state index contributed by atoms with van der Waals surface area (Å²) in [6.45, 7) is 9.78. The highest BCUT2D eigenvalue weighted by molar-refractivity contribution is 6.07. The van der Waals surface area contributed by atoms with Gasteiger partial charge in [0.2, 0.25) is 30.0 Å². The van der Waals surface area contributed by atoms with E-state index in [1.165, 1.54) is 19.1 Å². The molecule has 8 rings (SSSR count). The SMILES string of the molecule is CCC(C)(CC)C(=O)N(C=O)CCCCCC(=O)NC(C(=O)NCC(=O)Nc1ccc(C2=CN3C(=O)c4cc(OC)c(OCCCOc5cc6c(cc5OC)C(=O)N5C=C(c7ccc(OC)cc7)CC5C=N6)cc4N=CC3C2)cc1)C(C)C. The summed E-state index contributed by atoms with van der Waals surface area (Å²) in [4.78, 5) is 106. The molecule has 4 aromatic rings. The Hall–Kier alpha value is -8.81. The molecule has 0 saturated heterocycles. The highest BCUT2D eigenvalue weighted by Crippen LogP contribution is 2.42. The number of fused-ring (bicyclic) bond motifs is 4. The fourth-order valence-corrected chi connectivity index (χ4v) is 10.2. The number of nitrogens with zero attached hydrogens (tertiary/aromatic N) is 5. The van der Waals surface area contributed by atoms with Gasteiger partial charge in [0.1, 0.15) is 11.8 Å². The maximum absolute atomic E-state index is 14.1. The smallest absolute Gasteiger partial charge is 0.260 e. The first-order valence-corrected chi connectivity index (χ1v) is 28.2. The number of nitrogens with one attached hydrogen (secondary N) is 3. The molecule has 0 fully saturated rings. The lowest BCUT2D eigenvalue weighted by molar-refractivity contribution is -0.146. The molecule has 0 aliphatic carbocycles. The van der Waals surface area contributed by atoms with Crippen LogP contribution in [0.5, 0.6) is 28.7 Å². The standard InChI is InChI=1S/C63H74N8O12/c1-9-63(5,10-2)62(78)69(38-72)24-13-11-12-15-56(73)68-58(39(3)4)59(75)66-35-57(74)67-44-20-16-40(17-21-44)42-27-45-33-64-50-31-54(52(80-7)29-48(50)60(76)70(45)36-42)82-25-14-26-83-55-32-51-49(30-53(55)81-8)61(77)71-37-43(28-46(71)34-65-51)41-18-22-47(79-6)23-19-41/h16-23,29-34,36-39,45-46,58H,9-15,24-28,35H2,1-8H3,(H,66,75)(H,67,74)(H,68,73). The monoisotopic (exact) mass is 1130 g/mol. The minimum Gasteiger partial charge on any atom is -0.497 e. The van der Waals surface area contributed by atoms with Crippen molar-refractivity contribution in [2.75, 3.05) is 52.9 Å². The van der Waals surface area contributed by atoms with Crippen LogP contribution in [-0.4, -0.2) is 135 Å². The predicted molar refractivity (Wildman–Crippen MR) is 316 cm³/mol. The number of hydrogen-bond donors (Lipinski definition) is 3. The van der Waals surface area contributed by atoms with E-state index in [9.17, 15) is 33.6 Å². The van der Waals surface area contributed by atoms with Crippen molar-refractivity contribution in [2.24, 2.45) is 21.3 Å². The average Bonchev–Trinajstić information content (AvgIpc) is 4.33. The minimum absolute atomic E-state index is 0.163. The first-order valence-electron chi connectivity index (χ1n) is 28.2. The molecule has 83 heavy (non-hydrogen) atoms. The van der Waals surface area contributed by atoms with Gasteiger partial charge in [-0.2, -0.15) is 0 Å². The van der Waals surface area contributed by atoms with Crippen LogP contribution in [0.2, 0.25) is 0 Å². The van der Waals surface area contributed by atoms with Crippen molar-refractivity contribution in [3.05, 3.63) is 107 Å². The zero-order valence-electron chi connectivity index (χ0n) is 48.5. The maximum Gasteiger partial charge on any atom is 0.260 e. The number of unbranched alkanes of at least 4 members (excludes halogenated alkanes) is 2. The van der Waals surface area contributed by atoms with E-state index in [0.29, 0.717) is 109 Å². The van der Waals surface area contributed by atoms with Crippen molar-refractivity contribution in [3.63, 3.8) is 0 Å². The molecule has 20 nitrogen and oxygen atoms in total. The van der Waals surface area contributed by atoms with Crippen molar-refractivity contribution in [3.8, 4) is 28.7 Å². The molecule has 0 aromatic heterocycles. The fraction of sp³-hybridized carbons (Fsp3) is 0.413. The third-order valence-corrected chi connectivity index (χ3v) is 15.7. The lowest BCUT2D eigenvalue weighted by Gasteiger charge is -2.29. The van der Waals surface area contributed by atoms with Crippen molar-refractivity contribution < 1.29 is 57.2 Å². The summed E-state index contributed by atoms with van der Waals surface area (Å²) in [5, 5.41) is 8.22. The van der Waals surface area contributed by atoms with Gasteiger partial charge in [0.05, 0.1) is 75.7 Å². The fourth-order valence-electron chi connectivity index (χ4n) is 10.2. The van der Waals surface area contributed by atoms with Gasteiger partial charge in [-0.3, -0.25) is 48.4 Å². The molecule has 4 aliphatic rings. The average molecular weight is 1140 g/mol. The molecular formula is C63H74N8O12. The van der Waals surface area contributed by atoms with Gasteiger partial charge in [-0.15, -0.1) is 0 Å². The molecule has 0 radical (unpaired) electrons. The topological polar surface area (TPSA) is 236 Å². The second kappa shape index (κ2) is 27.3. The molecule has 4 aromatic carbocycles. The van der Waals surface area contributed by atoms with Crippen LogP contribution in [0.1, 0.15) is 124 Å². The van der Waals surface area contributed by atoms with E-state index in [1.54, 1.807) is 79.6 Å². The van der Waals surface area contributed by atoms with Crippen LogP contribution in [0.4, 0.5) is 17.1 Å². The molecule has 0 saturated carbocycles. The molecule has 3 N–H and O–H groups in total. The summed E-state index contributed by atoms with van der Waals surface area (Å²) in [6, 6.07) is 20.2. The van der Waals surface area contributed by atoms with E-state index in [4.69, 9.17) is 33.7 Å². The zero-order valence-corrected chi connectivity index (χ0v) is 48.5. The van der Waals surface area contributed by atoms with E-state index in [-0.39, 0.29) is 74.4 Å². The Morgan fingerprint density at radius 3 is 1.71 bits per heavy atom. The Kier molecular flexibility index (Phi) is 19.8. The Bertz CT molecular complexity index is 3200. The lowest BCUT2D eigenvalue weighted by Crippen LogP contribution is -2.51. The van der Waals surface area contributed by atoms with E-state index in [0.717, 1.165) is 28.0 Å². The minimum atomic E-state index is -0.861. The first-order chi connectivity index (χ1) is 40.0. The van der Waals surface area contributed by atoms with Crippen LogP contribution in [0, 0.1) is 11.3 Å². The first kappa shape index (κ1) is 60.3. The van der Waals surface area contributed by atoms with Gasteiger partial charge in [0.15, 0.2) is 23.0 Å². The summed E-state index contributed by atoms with van der Waals surface area (Å²) in [5.74, 6) is 0.230. The number of carbonyl (C=O) groups is 7. The predicted octanol–water partition coefficient (Wildman–Crippen LogP) is 9.07. The largest absolute Gasteiger partial charge is 0.497 e. The van der Waals surface area contributed by atoms with E-state index < -0.39 is 23.3 Å². The number of methoxy groups -OCH3 is 3. The summed E-state index contributed by atoms with van der Waals surface area (Å²) in [5.41, 5.74) is 5.36.